The summed E-state index contributed by atoms with van der Waals surface area (Å²) in [7, 11) is 1.89. The summed E-state index contributed by atoms with van der Waals surface area (Å²) < 4.78 is 1.76. The molecule has 0 radical (unpaired) electrons. The average molecular weight is 577 g/mol. The normalized spacial score (nSPS) is 19.3. The molecule has 3 aromatic heterocycles. The summed E-state index contributed by atoms with van der Waals surface area (Å²) in [5.41, 5.74) is 4.25. The van der Waals surface area contributed by atoms with Crippen LogP contribution in [0.5, 0.6) is 0 Å². The number of carbonyl (C=O) groups excluding carboxylic acids is 1. The van der Waals surface area contributed by atoms with E-state index in [1.54, 1.807) is 10.9 Å². The van der Waals surface area contributed by atoms with E-state index < -0.39 is 0 Å². The molecule has 10 heteroatoms. The minimum atomic E-state index is -0.376. The van der Waals surface area contributed by atoms with Crippen LogP contribution < -0.4 is 10.2 Å². The van der Waals surface area contributed by atoms with Crippen LogP contribution >= 0.6 is 0 Å². The highest BCUT2D eigenvalue weighted by Crippen LogP contribution is 2.39. The second kappa shape index (κ2) is 12.7. The summed E-state index contributed by atoms with van der Waals surface area (Å²) >= 11 is 0. The van der Waals surface area contributed by atoms with Crippen LogP contribution in [-0.4, -0.2) is 54.9 Å². The Kier molecular flexibility index (Phi) is 8.43. The number of amides is 1. The smallest absolute Gasteiger partial charge is 0.229 e. The zero-order valence-corrected chi connectivity index (χ0v) is 24.3. The second-order valence-corrected chi connectivity index (χ2v) is 11.7. The molecule has 1 atom stereocenters. The molecule has 0 bridgehead atoms. The molecule has 1 amide bonds. The van der Waals surface area contributed by atoms with Gasteiger partial charge in [0.15, 0.2) is 0 Å². The molecule has 2 N–H and O–H groups in total. The first-order valence-corrected chi connectivity index (χ1v) is 14.9. The molecule has 1 saturated heterocycles. The van der Waals surface area contributed by atoms with Crippen molar-refractivity contribution in [3.05, 3.63) is 89.9 Å². The third-order valence-electron chi connectivity index (χ3n) is 8.67. The van der Waals surface area contributed by atoms with Crippen LogP contribution in [0.1, 0.15) is 54.2 Å². The van der Waals surface area contributed by atoms with E-state index in [0.29, 0.717) is 36.9 Å². The number of carbonyl (C=O) groups is 1. The van der Waals surface area contributed by atoms with Crippen molar-refractivity contribution in [3.8, 4) is 17.2 Å². The van der Waals surface area contributed by atoms with Crippen LogP contribution in [0.3, 0.4) is 0 Å². The van der Waals surface area contributed by atoms with Crippen LogP contribution in [-0.2, 0) is 24.8 Å². The Bertz CT molecular complexity index is 1580. The van der Waals surface area contributed by atoms with Gasteiger partial charge >= 0.3 is 0 Å². The van der Waals surface area contributed by atoms with Gasteiger partial charge in [-0.2, -0.15) is 10.4 Å². The Morgan fingerprint density at radius 3 is 2.49 bits per heavy atom. The molecule has 1 aliphatic carbocycles. The van der Waals surface area contributed by atoms with E-state index >= 15 is 0 Å². The Balaban J connectivity index is 1.15. The first-order chi connectivity index (χ1) is 21.0. The minimum absolute atomic E-state index is 0.00531. The van der Waals surface area contributed by atoms with Crippen molar-refractivity contribution in [3.63, 3.8) is 0 Å². The maximum atomic E-state index is 13.7. The zero-order valence-electron chi connectivity index (χ0n) is 24.3. The Labute approximate surface area is 251 Å². The van der Waals surface area contributed by atoms with E-state index in [9.17, 15) is 15.2 Å². The Morgan fingerprint density at radius 2 is 1.84 bits per heavy atom. The van der Waals surface area contributed by atoms with Crippen molar-refractivity contribution in [1.29, 1.82) is 5.26 Å². The van der Waals surface area contributed by atoms with E-state index in [4.69, 9.17) is 9.97 Å². The van der Waals surface area contributed by atoms with E-state index in [1.807, 2.05) is 73.0 Å². The number of hydrogen-bond donors (Lipinski definition) is 2. The van der Waals surface area contributed by atoms with Gasteiger partial charge in [-0.05, 0) is 49.1 Å². The van der Waals surface area contributed by atoms with Crippen molar-refractivity contribution < 1.29 is 9.90 Å². The largest absolute Gasteiger partial charge is 0.389 e. The maximum Gasteiger partial charge on any atom is 0.229 e. The van der Waals surface area contributed by atoms with Gasteiger partial charge < -0.3 is 15.3 Å². The van der Waals surface area contributed by atoms with Crippen molar-refractivity contribution >= 4 is 11.7 Å². The second-order valence-electron chi connectivity index (χ2n) is 11.7. The summed E-state index contributed by atoms with van der Waals surface area (Å²) in [6.45, 7) is 1.45. The third-order valence-corrected chi connectivity index (χ3v) is 8.67. The summed E-state index contributed by atoms with van der Waals surface area (Å²) in [5.74, 6) is 1.57. The molecule has 6 rings (SSSR count). The molecule has 0 spiro atoms. The number of β-amino-alcohol motifs (C(OH)–C–C–N with tert-alkyl or cyclic N) is 1. The van der Waals surface area contributed by atoms with E-state index in [-0.39, 0.29) is 23.8 Å². The SMILES string of the molecule is Cn1cc(-c2ccc(C(C(=O)NCc3ccccc3)[C@H]3CC[C@H](Cc4ncc(C#N)c(N5CC(O)C5)n4)CC3)nc2)cn1. The number of aliphatic hydroxyl groups is 1. The van der Waals surface area contributed by atoms with Crippen molar-refractivity contribution in [2.45, 2.75) is 50.7 Å². The Morgan fingerprint density at radius 1 is 1.05 bits per heavy atom. The highest BCUT2D eigenvalue weighted by atomic mass is 16.3. The number of nitrogens with zero attached hydrogens (tertiary/aromatic N) is 7. The molecule has 220 valence electrons. The first kappa shape index (κ1) is 28.5. The first-order valence-electron chi connectivity index (χ1n) is 14.9. The van der Waals surface area contributed by atoms with Crippen LogP contribution in [0.2, 0.25) is 0 Å². The lowest BCUT2D eigenvalue weighted by atomic mass is 9.73. The number of aromatic nitrogens is 5. The molecule has 43 heavy (non-hydrogen) atoms. The highest BCUT2D eigenvalue weighted by molar-refractivity contribution is 5.83. The summed E-state index contributed by atoms with van der Waals surface area (Å²) in [6, 6.07) is 16.1. The number of nitrogens with one attached hydrogen (secondary N) is 1. The fourth-order valence-corrected chi connectivity index (χ4v) is 6.25. The molecule has 1 aromatic carbocycles. The maximum absolute atomic E-state index is 13.7. The topological polar surface area (TPSA) is 133 Å². The van der Waals surface area contributed by atoms with Gasteiger partial charge in [-0.1, -0.05) is 36.4 Å². The van der Waals surface area contributed by atoms with Crippen LogP contribution in [0.4, 0.5) is 5.82 Å². The Hall–Kier alpha value is -4.62. The fourth-order valence-electron chi connectivity index (χ4n) is 6.25. The van der Waals surface area contributed by atoms with Crippen molar-refractivity contribution in [1.82, 2.24) is 30.0 Å². The minimum Gasteiger partial charge on any atom is -0.389 e. The number of aliphatic hydroxyl groups excluding tert-OH is 1. The third kappa shape index (κ3) is 6.57. The monoisotopic (exact) mass is 576 g/mol. The van der Waals surface area contributed by atoms with Gasteiger partial charge in [0.05, 0.1) is 30.1 Å². The van der Waals surface area contributed by atoms with Gasteiger partial charge in [-0.15, -0.1) is 0 Å². The lowest BCUT2D eigenvalue weighted by molar-refractivity contribution is -0.124. The summed E-state index contributed by atoms with van der Waals surface area (Å²) in [4.78, 5) is 29.6. The molecule has 1 aliphatic heterocycles. The van der Waals surface area contributed by atoms with Crippen LogP contribution in [0, 0.1) is 23.2 Å². The highest BCUT2D eigenvalue weighted by Gasteiger charge is 2.35. The fraction of sp³-hybridized carbons (Fsp3) is 0.394. The van der Waals surface area contributed by atoms with Crippen LogP contribution in [0.15, 0.2) is 67.3 Å². The average Bonchev–Trinajstić information content (AvgIpc) is 3.46. The van der Waals surface area contributed by atoms with Crippen LogP contribution in [0.25, 0.3) is 11.1 Å². The van der Waals surface area contributed by atoms with E-state index in [1.165, 1.54) is 0 Å². The zero-order chi connectivity index (χ0) is 29.8. The number of nitriles is 1. The van der Waals surface area contributed by atoms with E-state index in [0.717, 1.165) is 60.3 Å². The molecule has 10 nitrogen and oxygen atoms in total. The van der Waals surface area contributed by atoms with Gasteiger partial charge in [0.1, 0.15) is 23.3 Å². The number of pyridine rings is 1. The predicted octanol–water partition coefficient (Wildman–Crippen LogP) is 3.77. The molecule has 1 unspecified atom stereocenters. The number of anilines is 1. The molecule has 1 saturated carbocycles. The molecule has 4 heterocycles. The molecule has 2 fully saturated rings. The summed E-state index contributed by atoms with van der Waals surface area (Å²) in [6.07, 6.45) is 11.3. The molecule has 4 aromatic rings. The number of benzene rings is 1. The van der Waals surface area contributed by atoms with Gasteiger partial charge in [0.25, 0.3) is 0 Å². The molecular formula is C33H36N8O2. The van der Waals surface area contributed by atoms with E-state index in [2.05, 4.69) is 21.5 Å². The number of aryl methyl sites for hydroxylation is 1. The summed E-state index contributed by atoms with van der Waals surface area (Å²) in [5, 5.41) is 26.7. The predicted molar refractivity (Wildman–Crippen MR) is 162 cm³/mol. The molecule has 2 aliphatic rings. The van der Waals surface area contributed by atoms with Crippen molar-refractivity contribution in [2.75, 3.05) is 18.0 Å². The van der Waals surface area contributed by atoms with Crippen molar-refractivity contribution in [2.24, 2.45) is 18.9 Å². The standard InChI is InChI=1S/C33H36N8O2/c1-40-19-27(18-38-40)25-11-12-29(35-16-25)31(33(43)37-15-23-5-3-2-4-6-23)24-9-7-22(8-10-24)13-30-36-17-26(14-34)32(39-30)41-20-28(42)21-41/h2-6,11-12,16-19,22,24,28,31,42H,7-10,13,15,20-21H2,1H3,(H,37,43)/t22-,24-,31?. The van der Waals surface area contributed by atoms with Gasteiger partial charge in [0.2, 0.25) is 5.91 Å². The number of rotatable bonds is 9. The lowest BCUT2D eigenvalue weighted by Crippen LogP contribution is -2.51. The quantitative estimate of drug-likeness (QED) is 0.308. The van der Waals surface area contributed by atoms with Gasteiger partial charge in [-0.25, -0.2) is 9.97 Å². The number of hydrogen-bond acceptors (Lipinski definition) is 8. The molecular weight excluding hydrogens is 540 g/mol. The van der Waals surface area contributed by atoms with Gasteiger partial charge in [-0.3, -0.25) is 14.5 Å². The van der Waals surface area contributed by atoms with Gasteiger partial charge in [0, 0.05) is 56.6 Å². The lowest BCUT2D eigenvalue weighted by Gasteiger charge is -2.37.